The SMILES string of the molecule is Cc1ccccc1NCC(=O)NN=Cc1ccc(C(C)C)cc1. The summed E-state index contributed by atoms with van der Waals surface area (Å²) in [4.78, 5) is 11.8. The quantitative estimate of drug-likeness (QED) is 0.632. The number of para-hydroxylation sites is 1. The van der Waals surface area contributed by atoms with Crippen LogP contribution in [0.5, 0.6) is 0 Å². The van der Waals surface area contributed by atoms with Crippen molar-refractivity contribution in [3.8, 4) is 0 Å². The molecule has 0 bridgehead atoms. The average molecular weight is 309 g/mol. The fraction of sp³-hybridized carbons (Fsp3) is 0.263. The van der Waals surface area contributed by atoms with Crippen molar-refractivity contribution in [3.63, 3.8) is 0 Å². The second-order valence-corrected chi connectivity index (χ2v) is 5.78. The lowest BCUT2D eigenvalue weighted by atomic mass is 10.0. The molecule has 2 rings (SSSR count). The molecule has 2 aromatic rings. The van der Waals surface area contributed by atoms with Crippen LogP contribution in [0.15, 0.2) is 53.6 Å². The molecule has 2 N–H and O–H groups in total. The molecule has 0 unspecified atom stereocenters. The van der Waals surface area contributed by atoms with Crippen LogP contribution in [0.2, 0.25) is 0 Å². The summed E-state index contributed by atoms with van der Waals surface area (Å²) >= 11 is 0. The van der Waals surface area contributed by atoms with Gasteiger partial charge in [-0.25, -0.2) is 5.43 Å². The highest BCUT2D eigenvalue weighted by Gasteiger charge is 2.01. The van der Waals surface area contributed by atoms with E-state index in [1.54, 1.807) is 6.21 Å². The van der Waals surface area contributed by atoms with Gasteiger partial charge in [-0.05, 0) is 35.6 Å². The number of rotatable bonds is 6. The summed E-state index contributed by atoms with van der Waals surface area (Å²) in [6.07, 6.45) is 1.65. The fourth-order valence-corrected chi connectivity index (χ4v) is 2.13. The average Bonchev–Trinajstić information content (AvgIpc) is 2.54. The Morgan fingerprint density at radius 1 is 1.13 bits per heavy atom. The van der Waals surface area contributed by atoms with Gasteiger partial charge in [0.1, 0.15) is 0 Å². The monoisotopic (exact) mass is 309 g/mol. The zero-order valence-electron chi connectivity index (χ0n) is 13.8. The first kappa shape index (κ1) is 16.7. The Balaban J connectivity index is 1.80. The summed E-state index contributed by atoms with van der Waals surface area (Å²) < 4.78 is 0. The lowest BCUT2D eigenvalue weighted by Crippen LogP contribution is -2.26. The van der Waals surface area contributed by atoms with Crippen LogP contribution >= 0.6 is 0 Å². The number of hydrogen-bond donors (Lipinski definition) is 2. The number of nitrogens with zero attached hydrogens (tertiary/aromatic N) is 1. The van der Waals surface area contributed by atoms with Gasteiger partial charge in [0.05, 0.1) is 12.8 Å². The predicted molar refractivity (Wildman–Crippen MR) is 95.9 cm³/mol. The van der Waals surface area contributed by atoms with Gasteiger partial charge in [0, 0.05) is 5.69 Å². The minimum atomic E-state index is -0.177. The molecule has 0 heterocycles. The first-order valence-electron chi connectivity index (χ1n) is 7.77. The van der Waals surface area contributed by atoms with Gasteiger partial charge in [0.2, 0.25) is 0 Å². The lowest BCUT2D eigenvalue weighted by molar-refractivity contribution is -0.119. The molecule has 2 aromatic carbocycles. The lowest BCUT2D eigenvalue weighted by Gasteiger charge is -2.07. The summed E-state index contributed by atoms with van der Waals surface area (Å²) in [5, 5.41) is 7.08. The zero-order valence-corrected chi connectivity index (χ0v) is 13.8. The molecule has 0 radical (unpaired) electrons. The standard InChI is InChI=1S/C19H23N3O/c1-14(2)17-10-8-16(9-11-17)12-21-22-19(23)13-20-18-7-5-4-6-15(18)3/h4-12,14,20H,13H2,1-3H3,(H,22,23). The Kier molecular flexibility index (Phi) is 5.92. The highest BCUT2D eigenvalue weighted by atomic mass is 16.2. The highest BCUT2D eigenvalue weighted by Crippen LogP contribution is 2.14. The van der Waals surface area contributed by atoms with Gasteiger partial charge in [-0.3, -0.25) is 4.79 Å². The van der Waals surface area contributed by atoms with Gasteiger partial charge >= 0.3 is 0 Å². The minimum absolute atomic E-state index is 0.177. The Morgan fingerprint density at radius 2 is 1.83 bits per heavy atom. The normalized spacial score (nSPS) is 11.0. The van der Waals surface area contributed by atoms with E-state index < -0.39 is 0 Å². The van der Waals surface area contributed by atoms with E-state index in [0.717, 1.165) is 16.8 Å². The largest absolute Gasteiger partial charge is 0.376 e. The molecule has 0 aliphatic rings. The van der Waals surface area contributed by atoms with E-state index in [1.807, 2.05) is 43.3 Å². The van der Waals surface area contributed by atoms with Gasteiger partial charge in [-0.1, -0.05) is 56.3 Å². The second kappa shape index (κ2) is 8.13. The smallest absolute Gasteiger partial charge is 0.259 e. The Bertz CT molecular complexity index is 675. The first-order chi connectivity index (χ1) is 11.1. The van der Waals surface area contributed by atoms with Crippen LogP contribution in [-0.2, 0) is 4.79 Å². The van der Waals surface area contributed by atoms with Gasteiger partial charge in [-0.15, -0.1) is 0 Å². The molecular formula is C19H23N3O. The van der Waals surface area contributed by atoms with Crippen molar-refractivity contribution >= 4 is 17.8 Å². The van der Waals surface area contributed by atoms with Crippen LogP contribution in [0.25, 0.3) is 0 Å². The fourth-order valence-electron chi connectivity index (χ4n) is 2.13. The van der Waals surface area contributed by atoms with Crippen LogP contribution in [0.1, 0.15) is 36.5 Å². The van der Waals surface area contributed by atoms with Crippen LogP contribution in [-0.4, -0.2) is 18.7 Å². The molecule has 0 spiro atoms. The molecule has 0 fully saturated rings. The van der Waals surface area contributed by atoms with Crippen molar-refractivity contribution in [2.45, 2.75) is 26.7 Å². The number of hydrazone groups is 1. The Morgan fingerprint density at radius 3 is 2.48 bits per heavy atom. The highest BCUT2D eigenvalue weighted by molar-refractivity contribution is 5.84. The number of carbonyl (C=O) groups is 1. The number of benzene rings is 2. The van der Waals surface area contributed by atoms with Gasteiger partial charge in [0.15, 0.2) is 0 Å². The molecule has 0 aliphatic heterocycles. The molecule has 4 nitrogen and oxygen atoms in total. The van der Waals surface area contributed by atoms with E-state index in [1.165, 1.54) is 5.56 Å². The van der Waals surface area contributed by atoms with E-state index >= 15 is 0 Å². The number of carbonyl (C=O) groups excluding carboxylic acids is 1. The molecular weight excluding hydrogens is 286 g/mol. The predicted octanol–water partition coefficient (Wildman–Crippen LogP) is 3.68. The van der Waals surface area contributed by atoms with Crippen LogP contribution < -0.4 is 10.7 Å². The maximum Gasteiger partial charge on any atom is 0.259 e. The third kappa shape index (κ3) is 5.25. The summed E-state index contributed by atoms with van der Waals surface area (Å²) in [5.74, 6) is 0.330. The molecule has 0 saturated heterocycles. The molecule has 23 heavy (non-hydrogen) atoms. The van der Waals surface area contributed by atoms with Crippen molar-refractivity contribution in [1.29, 1.82) is 0 Å². The number of hydrogen-bond acceptors (Lipinski definition) is 3. The maximum atomic E-state index is 11.8. The Hall–Kier alpha value is -2.62. The van der Waals surface area contributed by atoms with Crippen molar-refractivity contribution in [2.24, 2.45) is 5.10 Å². The number of amides is 1. The van der Waals surface area contributed by atoms with Crippen LogP contribution in [0.3, 0.4) is 0 Å². The minimum Gasteiger partial charge on any atom is -0.376 e. The van der Waals surface area contributed by atoms with E-state index in [9.17, 15) is 4.79 Å². The topological polar surface area (TPSA) is 53.5 Å². The molecule has 0 saturated carbocycles. The summed E-state index contributed by atoms with van der Waals surface area (Å²) in [6, 6.07) is 16.0. The van der Waals surface area contributed by atoms with Gasteiger partial charge < -0.3 is 5.32 Å². The Labute approximate surface area is 137 Å². The molecule has 0 atom stereocenters. The summed E-state index contributed by atoms with van der Waals surface area (Å²) in [5.41, 5.74) is 6.83. The molecule has 0 aliphatic carbocycles. The van der Waals surface area contributed by atoms with Crippen molar-refractivity contribution in [3.05, 3.63) is 65.2 Å². The van der Waals surface area contributed by atoms with Crippen LogP contribution in [0.4, 0.5) is 5.69 Å². The maximum absolute atomic E-state index is 11.8. The van der Waals surface area contributed by atoms with E-state index in [0.29, 0.717) is 5.92 Å². The zero-order chi connectivity index (χ0) is 16.7. The molecule has 1 amide bonds. The van der Waals surface area contributed by atoms with E-state index in [4.69, 9.17) is 0 Å². The van der Waals surface area contributed by atoms with Crippen molar-refractivity contribution < 1.29 is 4.79 Å². The van der Waals surface area contributed by atoms with Crippen molar-refractivity contribution in [1.82, 2.24) is 5.43 Å². The summed E-state index contributed by atoms with van der Waals surface area (Å²) in [7, 11) is 0. The van der Waals surface area contributed by atoms with E-state index in [2.05, 4.69) is 41.8 Å². The third-order valence-electron chi connectivity index (χ3n) is 3.59. The van der Waals surface area contributed by atoms with Gasteiger partial charge in [0.25, 0.3) is 5.91 Å². The molecule has 0 aromatic heterocycles. The molecule has 120 valence electrons. The summed E-state index contributed by atoms with van der Waals surface area (Å²) in [6.45, 7) is 6.50. The second-order valence-electron chi connectivity index (χ2n) is 5.78. The van der Waals surface area contributed by atoms with E-state index in [-0.39, 0.29) is 12.5 Å². The van der Waals surface area contributed by atoms with Crippen molar-refractivity contribution in [2.75, 3.05) is 11.9 Å². The van der Waals surface area contributed by atoms with Gasteiger partial charge in [-0.2, -0.15) is 5.10 Å². The number of nitrogens with one attached hydrogen (secondary N) is 2. The first-order valence-corrected chi connectivity index (χ1v) is 7.77. The number of aryl methyl sites for hydroxylation is 1. The van der Waals surface area contributed by atoms with Crippen LogP contribution in [0, 0.1) is 6.92 Å². The third-order valence-corrected chi connectivity index (χ3v) is 3.59. The number of anilines is 1. The molecule has 4 heteroatoms.